The third-order valence-electron chi connectivity index (χ3n) is 3.91. The molecule has 1 N–H and O–H groups in total. The van der Waals surface area contributed by atoms with Crippen LogP contribution in [0.4, 0.5) is 0 Å². The summed E-state index contributed by atoms with van der Waals surface area (Å²) in [6.07, 6.45) is 0.954. The molecule has 20 heavy (non-hydrogen) atoms. The van der Waals surface area contributed by atoms with Crippen LogP contribution in [0.15, 0.2) is 23.1 Å². The molecular formula is C15H24N2O2S. The Kier molecular flexibility index (Phi) is 4.83. The van der Waals surface area contributed by atoms with E-state index in [0.29, 0.717) is 30.4 Å². The van der Waals surface area contributed by atoms with Gasteiger partial charge in [0.25, 0.3) is 0 Å². The highest BCUT2D eigenvalue weighted by Crippen LogP contribution is 2.25. The maximum absolute atomic E-state index is 12.6. The van der Waals surface area contributed by atoms with Crippen LogP contribution in [0.2, 0.25) is 0 Å². The number of nitrogens with zero attached hydrogens (tertiary/aromatic N) is 1. The monoisotopic (exact) mass is 296 g/mol. The van der Waals surface area contributed by atoms with Gasteiger partial charge in [-0.3, -0.25) is 0 Å². The summed E-state index contributed by atoms with van der Waals surface area (Å²) in [5.74, 6) is 0.455. The van der Waals surface area contributed by atoms with Crippen LogP contribution in [0.1, 0.15) is 31.4 Å². The van der Waals surface area contributed by atoms with Gasteiger partial charge >= 0.3 is 0 Å². The lowest BCUT2D eigenvalue weighted by atomic mass is 10.1. The zero-order chi connectivity index (χ0) is 14.8. The predicted molar refractivity (Wildman–Crippen MR) is 81.1 cm³/mol. The van der Waals surface area contributed by atoms with E-state index in [1.54, 1.807) is 10.4 Å². The summed E-state index contributed by atoms with van der Waals surface area (Å²) in [5.41, 5.74) is 2.18. The number of sulfonamides is 1. The summed E-state index contributed by atoms with van der Waals surface area (Å²) in [6.45, 7) is 9.02. The van der Waals surface area contributed by atoms with Crippen LogP contribution in [-0.2, 0) is 16.6 Å². The molecule has 0 aliphatic carbocycles. The van der Waals surface area contributed by atoms with Crippen LogP contribution in [0.25, 0.3) is 0 Å². The molecule has 0 spiro atoms. The maximum atomic E-state index is 12.6. The van der Waals surface area contributed by atoms with Crippen molar-refractivity contribution in [2.45, 2.75) is 38.6 Å². The van der Waals surface area contributed by atoms with Crippen LogP contribution in [-0.4, -0.2) is 32.4 Å². The minimum absolute atomic E-state index is 0.421. The van der Waals surface area contributed by atoms with Crippen LogP contribution in [0, 0.1) is 12.8 Å². The summed E-state index contributed by atoms with van der Waals surface area (Å²) in [6, 6.07) is 5.44. The number of hydrogen-bond acceptors (Lipinski definition) is 3. The SMILES string of the molecule is CCNCc1cc(S(=O)(=O)N2CCC(C)C2)ccc1C. The van der Waals surface area contributed by atoms with Crippen molar-refractivity contribution < 1.29 is 8.42 Å². The number of nitrogens with one attached hydrogen (secondary N) is 1. The smallest absolute Gasteiger partial charge is 0.243 e. The zero-order valence-corrected chi connectivity index (χ0v) is 13.3. The molecule has 112 valence electrons. The van der Waals surface area contributed by atoms with Gasteiger partial charge in [0.05, 0.1) is 4.90 Å². The molecular weight excluding hydrogens is 272 g/mol. The Labute approximate surface area is 122 Å². The van der Waals surface area contributed by atoms with Crippen molar-refractivity contribution in [1.29, 1.82) is 0 Å². The second-order valence-corrected chi connectivity index (χ2v) is 7.56. The summed E-state index contributed by atoms with van der Waals surface area (Å²) < 4.78 is 26.9. The molecule has 1 unspecified atom stereocenters. The topological polar surface area (TPSA) is 49.4 Å². The molecule has 1 saturated heterocycles. The minimum atomic E-state index is -3.33. The molecule has 0 saturated carbocycles. The van der Waals surface area contributed by atoms with Crippen molar-refractivity contribution in [3.8, 4) is 0 Å². The van der Waals surface area contributed by atoms with Gasteiger partial charge in [0.15, 0.2) is 0 Å². The van der Waals surface area contributed by atoms with Crippen LogP contribution >= 0.6 is 0 Å². The Balaban J connectivity index is 2.27. The van der Waals surface area contributed by atoms with E-state index in [9.17, 15) is 8.42 Å². The summed E-state index contributed by atoms with van der Waals surface area (Å²) in [5, 5.41) is 3.25. The van der Waals surface area contributed by atoms with E-state index in [1.807, 2.05) is 26.0 Å². The first-order chi connectivity index (χ1) is 9.45. The van der Waals surface area contributed by atoms with E-state index in [1.165, 1.54) is 0 Å². The molecule has 1 aliphatic rings. The van der Waals surface area contributed by atoms with Gasteiger partial charge in [0.2, 0.25) is 10.0 Å². The number of aryl methyl sites for hydroxylation is 1. The van der Waals surface area contributed by atoms with Crippen molar-refractivity contribution in [1.82, 2.24) is 9.62 Å². The van der Waals surface area contributed by atoms with Crippen molar-refractivity contribution in [2.24, 2.45) is 5.92 Å². The van der Waals surface area contributed by atoms with Crippen LogP contribution in [0.5, 0.6) is 0 Å². The van der Waals surface area contributed by atoms with Crippen molar-refractivity contribution in [3.05, 3.63) is 29.3 Å². The van der Waals surface area contributed by atoms with Gasteiger partial charge in [0, 0.05) is 19.6 Å². The van der Waals surface area contributed by atoms with E-state index in [-0.39, 0.29) is 0 Å². The summed E-state index contributed by atoms with van der Waals surface area (Å²) in [7, 11) is -3.33. The molecule has 1 fully saturated rings. The molecule has 1 heterocycles. The second kappa shape index (κ2) is 6.24. The van der Waals surface area contributed by atoms with Crippen molar-refractivity contribution >= 4 is 10.0 Å². The van der Waals surface area contributed by atoms with Crippen molar-refractivity contribution in [3.63, 3.8) is 0 Å². The van der Waals surface area contributed by atoms with Crippen molar-refractivity contribution in [2.75, 3.05) is 19.6 Å². The average Bonchev–Trinajstić information content (AvgIpc) is 2.85. The first-order valence-electron chi connectivity index (χ1n) is 7.25. The number of hydrogen-bond donors (Lipinski definition) is 1. The van der Waals surface area contributed by atoms with E-state index in [4.69, 9.17) is 0 Å². The Morgan fingerprint density at radius 3 is 2.75 bits per heavy atom. The molecule has 5 heteroatoms. The molecule has 4 nitrogen and oxygen atoms in total. The standard InChI is InChI=1S/C15H24N2O2S/c1-4-16-10-14-9-15(6-5-13(14)3)20(18,19)17-8-7-12(2)11-17/h5-6,9,12,16H,4,7-8,10-11H2,1-3H3. The highest BCUT2D eigenvalue weighted by atomic mass is 32.2. The lowest BCUT2D eigenvalue weighted by Gasteiger charge is -2.17. The molecule has 0 amide bonds. The fourth-order valence-electron chi connectivity index (χ4n) is 2.52. The Bertz CT molecular complexity index is 569. The quantitative estimate of drug-likeness (QED) is 0.905. The molecule has 1 atom stereocenters. The first kappa shape index (κ1) is 15.5. The second-order valence-electron chi connectivity index (χ2n) is 5.63. The van der Waals surface area contributed by atoms with Crippen LogP contribution < -0.4 is 5.32 Å². The van der Waals surface area contributed by atoms with Gasteiger partial charge in [-0.25, -0.2) is 8.42 Å². The Morgan fingerprint density at radius 2 is 2.15 bits per heavy atom. The minimum Gasteiger partial charge on any atom is -0.313 e. The molecule has 1 aromatic rings. The third kappa shape index (κ3) is 3.22. The fraction of sp³-hybridized carbons (Fsp3) is 0.600. The van der Waals surface area contributed by atoms with Gasteiger partial charge < -0.3 is 5.32 Å². The number of rotatable bonds is 5. The number of benzene rings is 1. The molecule has 0 radical (unpaired) electrons. The summed E-state index contributed by atoms with van der Waals surface area (Å²) >= 11 is 0. The molecule has 1 aromatic carbocycles. The normalized spacial score (nSPS) is 20.4. The predicted octanol–water partition coefficient (Wildman–Crippen LogP) is 2.14. The molecule has 0 bridgehead atoms. The van der Waals surface area contributed by atoms with Gasteiger partial charge in [0.1, 0.15) is 0 Å². The summed E-state index contributed by atoms with van der Waals surface area (Å²) in [4.78, 5) is 0.421. The zero-order valence-electron chi connectivity index (χ0n) is 12.5. The third-order valence-corrected chi connectivity index (χ3v) is 5.77. The van der Waals surface area contributed by atoms with Gasteiger partial charge in [-0.1, -0.05) is 19.9 Å². The maximum Gasteiger partial charge on any atom is 0.243 e. The highest BCUT2D eigenvalue weighted by Gasteiger charge is 2.30. The molecule has 2 rings (SSSR count). The average molecular weight is 296 g/mol. The lowest BCUT2D eigenvalue weighted by molar-refractivity contribution is 0.464. The van der Waals surface area contributed by atoms with E-state index >= 15 is 0 Å². The lowest BCUT2D eigenvalue weighted by Crippen LogP contribution is -2.28. The Morgan fingerprint density at radius 1 is 1.40 bits per heavy atom. The van der Waals surface area contributed by atoms with Crippen LogP contribution in [0.3, 0.4) is 0 Å². The van der Waals surface area contributed by atoms with E-state index in [0.717, 1.165) is 24.1 Å². The van der Waals surface area contributed by atoms with Gasteiger partial charge in [-0.2, -0.15) is 4.31 Å². The largest absolute Gasteiger partial charge is 0.313 e. The van der Waals surface area contributed by atoms with Gasteiger partial charge in [-0.15, -0.1) is 0 Å². The van der Waals surface area contributed by atoms with E-state index < -0.39 is 10.0 Å². The molecule has 1 aliphatic heterocycles. The molecule has 0 aromatic heterocycles. The fourth-order valence-corrected chi connectivity index (χ4v) is 4.15. The Hall–Kier alpha value is -0.910. The first-order valence-corrected chi connectivity index (χ1v) is 8.69. The van der Waals surface area contributed by atoms with E-state index in [2.05, 4.69) is 12.2 Å². The van der Waals surface area contributed by atoms with Gasteiger partial charge in [-0.05, 0) is 49.1 Å². The highest BCUT2D eigenvalue weighted by molar-refractivity contribution is 7.89.